The van der Waals surface area contributed by atoms with Crippen molar-refractivity contribution < 1.29 is 4.79 Å². The Morgan fingerprint density at radius 3 is 2.90 bits per heavy atom. The van der Waals surface area contributed by atoms with E-state index in [-0.39, 0.29) is 5.91 Å². The lowest BCUT2D eigenvalue weighted by Gasteiger charge is -2.33. The van der Waals surface area contributed by atoms with Gasteiger partial charge in [-0.15, -0.1) is 0 Å². The summed E-state index contributed by atoms with van der Waals surface area (Å²) in [5.41, 5.74) is 0. The number of likely N-dealkylation sites (N-methyl/N-ethyl adjacent to an activating group) is 1. The second-order valence-corrected chi connectivity index (χ2v) is 8.41. The zero-order chi connectivity index (χ0) is 20.5. The van der Waals surface area contributed by atoms with Crippen LogP contribution in [0, 0.1) is 5.92 Å². The van der Waals surface area contributed by atoms with Gasteiger partial charge in [0.05, 0.1) is 0 Å². The number of piperidine rings is 1. The lowest BCUT2D eigenvalue weighted by atomic mass is 9.93. The molecule has 1 aromatic rings. The topological polar surface area (TPSA) is 73.4 Å². The minimum absolute atomic E-state index is 0.207. The van der Waals surface area contributed by atoms with E-state index in [1.54, 1.807) is 6.33 Å². The molecule has 2 N–H and O–H groups in total. The van der Waals surface area contributed by atoms with Crippen molar-refractivity contribution in [1.82, 2.24) is 20.2 Å². The Morgan fingerprint density at radius 2 is 2.07 bits per heavy atom. The molecule has 0 spiro atoms. The van der Waals surface area contributed by atoms with Crippen molar-refractivity contribution in [3.63, 3.8) is 0 Å². The Hall–Kier alpha value is -1.89. The number of amides is 1. The number of aromatic nitrogens is 2. The average Bonchev–Trinajstić information content (AvgIpc) is 3.23. The van der Waals surface area contributed by atoms with Gasteiger partial charge in [0.2, 0.25) is 5.91 Å². The third-order valence-electron chi connectivity index (χ3n) is 6.27. The highest BCUT2D eigenvalue weighted by Gasteiger charge is 2.24. The first-order valence-corrected chi connectivity index (χ1v) is 11.5. The van der Waals surface area contributed by atoms with Crippen molar-refractivity contribution in [1.29, 1.82) is 0 Å². The van der Waals surface area contributed by atoms with Crippen molar-refractivity contribution in [3.05, 3.63) is 12.4 Å². The molecule has 29 heavy (non-hydrogen) atoms. The van der Waals surface area contributed by atoms with Crippen molar-refractivity contribution >= 4 is 17.5 Å². The van der Waals surface area contributed by atoms with E-state index in [1.807, 2.05) is 6.07 Å². The first-order valence-electron chi connectivity index (χ1n) is 11.5. The summed E-state index contributed by atoms with van der Waals surface area (Å²) in [6, 6.07) is 2.58. The van der Waals surface area contributed by atoms with Crippen LogP contribution in [0.25, 0.3) is 0 Å². The van der Waals surface area contributed by atoms with E-state index in [9.17, 15) is 4.79 Å². The molecule has 2 aliphatic heterocycles. The third kappa shape index (κ3) is 6.56. The highest BCUT2D eigenvalue weighted by atomic mass is 16.1. The molecule has 2 fully saturated rings. The van der Waals surface area contributed by atoms with E-state index < -0.39 is 0 Å². The molecule has 2 atom stereocenters. The second-order valence-electron chi connectivity index (χ2n) is 8.41. The summed E-state index contributed by atoms with van der Waals surface area (Å²) < 4.78 is 0. The maximum atomic E-state index is 12.4. The Labute approximate surface area is 175 Å². The van der Waals surface area contributed by atoms with E-state index in [1.165, 1.54) is 25.8 Å². The summed E-state index contributed by atoms with van der Waals surface area (Å²) in [6.45, 7) is 10.3. The number of nitrogens with zero attached hydrogens (tertiary/aromatic N) is 4. The smallest absolute Gasteiger partial charge is 0.220 e. The van der Waals surface area contributed by atoms with Crippen molar-refractivity contribution in [2.75, 3.05) is 49.5 Å². The highest BCUT2D eigenvalue weighted by Crippen LogP contribution is 2.25. The maximum absolute atomic E-state index is 12.4. The Bertz CT molecular complexity index is 639. The lowest BCUT2D eigenvalue weighted by molar-refractivity contribution is -0.121. The molecule has 1 aromatic heterocycles. The van der Waals surface area contributed by atoms with Gasteiger partial charge in [-0.1, -0.05) is 13.8 Å². The van der Waals surface area contributed by atoms with Crippen LogP contribution in [0.2, 0.25) is 0 Å². The van der Waals surface area contributed by atoms with Crippen molar-refractivity contribution in [3.8, 4) is 0 Å². The van der Waals surface area contributed by atoms with Gasteiger partial charge in [0.15, 0.2) is 0 Å². The van der Waals surface area contributed by atoms with Crippen LogP contribution < -0.4 is 15.5 Å². The van der Waals surface area contributed by atoms with Gasteiger partial charge in [-0.05, 0) is 57.5 Å². The summed E-state index contributed by atoms with van der Waals surface area (Å²) in [5.74, 6) is 2.65. The van der Waals surface area contributed by atoms with Gasteiger partial charge in [0.25, 0.3) is 0 Å². The number of anilines is 2. The van der Waals surface area contributed by atoms with Crippen LogP contribution in [-0.2, 0) is 4.79 Å². The average molecular weight is 403 g/mol. The first kappa shape index (κ1) is 21.8. The number of hydrogen-bond acceptors (Lipinski definition) is 6. The zero-order valence-corrected chi connectivity index (χ0v) is 18.2. The van der Waals surface area contributed by atoms with Crippen molar-refractivity contribution in [2.45, 2.75) is 64.8 Å². The van der Waals surface area contributed by atoms with E-state index >= 15 is 0 Å². The molecule has 0 unspecified atom stereocenters. The monoisotopic (exact) mass is 402 g/mol. The molecule has 162 valence electrons. The van der Waals surface area contributed by atoms with Crippen LogP contribution in [0.3, 0.4) is 0 Å². The van der Waals surface area contributed by atoms with Crippen LogP contribution in [-0.4, -0.2) is 66.1 Å². The van der Waals surface area contributed by atoms with Gasteiger partial charge in [0.1, 0.15) is 18.0 Å². The van der Waals surface area contributed by atoms with E-state index in [4.69, 9.17) is 0 Å². The normalized spacial score (nSPS) is 22.6. The standard InChI is InChI=1S/C22H38N6O/c1-3-11-23-20-14-21(26-17-25-20)28-13-5-7-18(16-28)9-10-22(29)24-15-19-8-6-12-27(19)4-2/h14,17-19H,3-13,15-16H2,1-2H3,(H,24,29)(H,23,25,26)/t18-,19-/m1/s1. The molecular formula is C22H38N6O. The molecule has 0 radical (unpaired) electrons. The summed E-state index contributed by atoms with van der Waals surface area (Å²) in [7, 11) is 0. The zero-order valence-electron chi connectivity index (χ0n) is 18.2. The molecule has 7 heteroatoms. The van der Waals surface area contributed by atoms with E-state index in [2.05, 4.69) is 44.2 Å². The fraction of sp³-hybridized carbons (Fsp3) is 0.773. The number of carbonyl (C=O) groups excluding carboxylic acids is 1. The molecule has 3 rings (SSSR count). The SMILES string of the molecule is CCCNc1cc(N2CCC[C@H](CCC(=O)NC[C@H]3CCCN3CC)C2)ncn1. The molecule has 0 aromatic carbocycles. The first-order chi connectivity index (χ1) is 14.2. The molecule has 0 bridgehead atoms. The molecule has 3 heterocycles. The molecule has 0 saturated carbocycles. The summed E-state index contributed by atoms with van der Waals surface area (Å²) in [4.78, 5) is 26.0. The van der Waals surface area contributed by atoms with Gasteiger partial charge in [-0.2, -0.15) is 0 Å². The van der Waals surface area contributed by atoms with Gasteiger partial charge in [-0.3, -0.25) is 9.69 Å². The summed E-state index contributed by atoms with van der Waals surface area (Å²) in [5, 5.41) is 6.51. The van der Waals surface area contributed by atoms with Crippen LogP contribution in [0.1, 0.15) is 58.8 Å². The number of carbonyl (C=O) groups is 1. The van der Waals surface area contributed by atoms with Gasteiger partial charge >= 0.3 is 0 Å². The van der Waals surface area contributed by atoms with E-state index in [0.29, 0.717) is 18.4 Å². The molecular weight excluding hydrogens is 364 g/mol. The van der Waals surface area contributed by atoms with Crippen LogP contribution in [0.5, 0.6) is 0 Å². The Balaban J connectivity index is 1.42. The Kier molecular flexibility index (Phi) is 8.52. The molecule has 2 aliphatic rings. The lowest BCUT2D eigenvalue weighted by Crippen LogP contribution is -2.40. The predicted molar refractivity (Wildman–Crippen MR) is 118 cm³/mol. The fourth-order valence-corrected chi connectivity index (χ4v) is 4.58. The van der Waals surface area contributed by atoms with Crippen LogP contribution in [0.4, 0.5) is 11.6 Å². The quantitative estimate of drug-likeness (QED) is 0.627. The van der Waals surface area contributed by atoms with Crippen LogP contribution in [0.15, 0.2) is 12.4 Å². The van der Waals surface area contributed by atoms with Gasteiger partial charge in [-0.25, -0.2) is 9.97 Å². The fourth-order valence-electron chi connectivity index (χ4n) is 4.58. The number of nitrogens with one attached hydrogen (secondary N) is 2. The van der Waals surface area contributed by atoms with E-state index in [0.717, 1.165) is 63.6 Å². The minimum Gasteiger partial charge on any atom is -0.370 e. The maximum Gasteiger partial charge on any atom is 0.220 e. The number of hydrogen-bond donors (Lipinski definition) is 2. The molecule has 1 amide bonds. The second kappa shape index (κ2) is 11.3. The van der Waals surface area contributed by atoms with Gasteiger partial charge in [0, 0.05) is 44.7 Å². The predicted octanol–water partition coefficient (Wildman–Crippen LogP) is 2.90. The molecule has 7 nitrogen and oxygen atoms in total. The highest BCUT2D eigenvalue weighted by molar-refractivity contribution is 5.75. The third-order valence-corrected chi connectivity index (χ3v) is 6.27. The van der Waals surface area contributed by atoms with Gasteiger partial charge < -0.3 is 15.5 Å². The number of rotatable bonds is 10. The van der Waals surface area contributed by atoms with Crippen LogP contribution >= 0.6 is 0 Å². The summed E-state index contributed by atoms with van der Waals surface area (Å²) >= 11 is 0. The minimum atomic E-state index is 0.207. The Morgan fingerprint density at radius 1 is 1.21 bits per heavy atom. The molecule has 2 saturated heterocycles. The summed E-state index contributed by atoms with van der Waals surface area (Å²) in [6.07, 6.45) is 9.12. The molecule has 0 aliphatic carbocycles. The largest absolute Gasteiger partial charge is 0.370 e. The van der Waals surface area contributed by atoms with Crippen molar-refractivity contribution in [2.24, 2.45) is 5.92 Å². The number of likely N-dealkylation sites (tertiary alicyclic amines) is 1.